The zero-order valence-corrected chi connectivity index (χ0v) is 14.2. The molecule has 1 N–H and O–H groups in total. The van der Waals surface area contributed by atoms with E-state index in [2.05, 4.69) is 45.1 Å². The molecule has 114 valence electrons. The van der Waals surface area contributed by atoms with Crippen LogP contribution in [0.5, 0.6) is 0 Å². The summed E-state index contributed by atoms with van der Waals surface area (Å²) in [6, 6.07) is 8.27. The zero-order valence-electron chi connectivity index (χ0n) is 13.5. The molecule has 1 unspecified atom stereocenters. The summed E-state index contributed by atoms with van der Waals surface area (Å²) in [5.74, 6) is 2.15. The van der Waals surface area contributed by atoms with Crippen molar-refractivity contribution in [2.45, 2.75) is 47.0 Å². The van der Waals surface area contributed by atoms with E-state index in [4.69, 9.17) is 11.6 Å². The molecule has 20 heavy (non-hydrogen) atoms. The average molecular weight is 296 g/mol. The molecule has 0 bridgehead atoms. The van der Waals surface area contributed by atoms with Crippen molar-refractivity contribution in [3.63, 3.8) is 0 Å². The monoisotopic (exact) mass is 295 g/mol. The molecule has 0 radical (unpaired) electrons. The SMILES string of the molecule is CCC(CC)C(CNCC(C)C)Cc1ccccc1Cl. The van der Waals surface area contributed by atoms with Crippen molar-refractivity contribution in [2.75, 3.05) is 13.1 Å². The van der Waals surface area contributed by atoms with E-state index in [9.17, 15) is 0 Å². The third-order valence-corrected chi connectivity index (χ3v) is 4.48. The molecule has 0 heterocycles. The van der Waals surface area contributed by atoms with Crippen LogP contribution < -0.4 is 5.32 Å². The largest absolute Gasteiger partial charge is 0.316 e. The highest BCUT2D eigenvalue weighted by Gasteiger charge is 2.19. The molecule has 0 saturated carbocycles. The Labute approximate surface area is 130 Å². The van der Waals surface area contributed by atoms with E-state index in [-0.39, 0.29) is 0 Å². The van der Waals surface area contributed by atoms with Gasteiger partial charge in [0, 0.05) is 5.02 Å². The summed E-state index contributed by atoms with van der Waals surface area (Å²) in [7, 11) is 0. The highest BCUT2D eigenvalue weighted by atomic mass is 35.5. The van der Waals surface area contributed by atoms with Crippen LogP contribution in [0.3, 0.4) is 0 Å². The molecule has 1 atom stereocenters. The summed E-state index contributed by atoms with van der Waals surface area (Å²) < 4.78 is 0. The normalized spacial score (nSPS) is 13.2. The molecule has 0 aromatic heterocycles. The van der Waals surface area contributed by atoms with Gasteiger partial charge in [0.15, 0.2) is 0 Å². The highest BCUT2D eigenvalue weighted by Crippen LogP contribution is 2.26. The fourth-order valence-corrected chi connectivity index (χ4v) is 3.08. The predicted octanol–water partition coefficient (Wildman–Crippen LogP) is 5.18. The lowest BCUT2D eigenvalue weighted by atomic mass is 9.83. The van der Waals surface area contributed by atoms with Crippen LogP contribution in [0, 0.1) is 17.8 Å². The Morgan fingerprint density at radius 3 is 2.20 bits per heavy atom. The van der Waals surface area contributed by atoms with Crippen LogP contribution in [0.1, 0.15) is 46.1 Å². The average Bonchev–Trinajstić information content (AvgIpc) is 2.42. The number of hydrogen-bond acceptors (Lipinski definition) is 1. The van der Waals surface area contributed by atoms with E-state index >= 15 is 0 Å². The van der Waals surface area contributed by atoms with Gasteiger partial charge >= 0.3 is 0 Å². The summed E-state index contributed by atoms with van der Waals surface area (Å²) in [5.41, 5.74) is 1.29. The molecular weight excluding hydrogens is 266 g/mol. The Hall–Kier alpha value is -0.530. The molecular formula is C18H30ClN. The van der Waals surface area contributed by atoms with E-state index in [0.29, 0.717) is 11.8 Å². The lowest BCUT2D eigenvalue weighted by molar-refractivity contribution is 0.294. The quantitative estimate of drug-likeness (QED) is 0.662. The van der Waals surface area contributed by atoms with E-state index < -0.39 is 0 Å². The molecule has 1 nitrogen and oxygen atoms in total. The fraction of sp³-hybridized carbons (Fsp3) is 0.667. The maximum Gasteiger partial charge on any atom is 0.0438 e. The molecule has 0 aliphatic rings. The third kappa shape index (κ3) is 5.85. The van der Waals surface area contributed by atoms with Gasteiger partial charge < -0.3 is 5.32 Å². The summed E-state index contributed by atoms with van der Waals surface area (Å²) >= 11 is 6.32. The summed E-state index contributed by atoms with van der Waals surface area (Å²) in [6.07, 6.45) is 3.57. The van der Waals surface area contributed by atoms with Crippen LogP contribution in [0.2, 0.25) is 5.02 Å². The van der Waals surface area contributed by atoms with Crippen molar-refractivity contribution >= 4 is 11.6 Å². The van der Waals surface area contributed by atoms with E-state index in [0.717, 1.165) is 30.5 Å². The zero-order chi connectivity index (χ0) is 15.0. The van der Waals surface area contributed by atoms with Crippen molar-refractivity contribution in [1.29, 1.82) is 0 Å². The van der Waals surface area contributed by atoms with Crippen LogP contribution in [0.25, 0.3) is 0 Å². The Morgan fingerprint density at radius 2 is 1.65 bits per heavy atom. The summed E-state index contributed by atoms with van der Waals surface area (Å²) in [6.45, 7) is 11.3. The van der Waals surface area contributed by atoms with Gasteiger partial charge in [0.1, 0.15) is 0 Å². The van der Waals surface area contributed by atoms with Gasteiger partial charge in [0.05, 0.1) is 0 Å². The minimum absolute atomic E-state index is 0.670. The maximum atomic E-state index is 6.32. The van der Waals surface area contributed by atoms with Gasteiger partial charge in [-0.25, -0.2) is 0 Å². The molecule has 1 aromatic carbocycles. The first-order chi connectivity index (χ1) is 9.58. The van der Waals surface area contributed by atoms with E-state index in [1.54, 1.807) is 0 Å². The van der Waals surface area contributed by atoms with Crippen molar-refractivity contribution in [3.05, 3.63) is 34.9 Å². The topological polar surface area (TPSA) is 12.0 Å². The van der Waals surface area contributed by atoms with E-state index in [1.165, 1.54) is 18.4 Å². The Morgan fingerprint density at radius 1 is 1.00 bits per heavy atom. The number of halogens is 1. The standard InChI is InChI=1S/C18H30ClN/c1-5-15(6-2)17(13-20-12-14(3)4)11-16-9-7-8-10-18(16)19/h7-10,14-15,17,20H,5-6,11-13H2,1-4H3. The van der Waals surface area contributed by atoms with Crippen molar-refractivity contribution < 1.29 is 0 Å². The van der Waals surface area contributed by atoms with Gasteiger partial charge in [-0.2, -0.15) is 0 Å². The number of benzene rings is 1. The van der Waals surface area contributed by atoms with Crippen LogP contribution in [0.15, 0.2) is 24.3 Å². The van der Waals surface area contributed by atoms with Crippen LogP contribution in [-0.4, -0.2) is 13.1 Å². The Balaban J connectivity index is 2.69. The van der Waals surface area contributed by atoms with Crippen LogP contribution >= 0.6 is 11.6 Å². The molecule has 0 fully saturated rings. The van der Waals surface area contributed by atoms with Gasteiger partial charge in [0.2, 0.25) is 0 Å². The highest BCUT2D eigenvalue weighted by molar-refractivity contribution is 6.31. The minimum Gasteiger partial charge on any atom is -0.316 e. The molecule has 0 saturated heterocycles. The number of hydrogen-bond donors (Lipinski definition) is 1. The molecule has 1 aromatic rings. The lowest BCUT2D eigenvalue weighted by Crippen LogP contribution is -2.31. The van der Waals surface area contributed by atoms with E-state index in [1.807, 2.05) is 12.1 Å². The summed E-state index contributed by atoms with van der Waals surface area (Å²) in [4.78, 5) is 0. The predicted molar refractivity (Wildman–Crippen MR) is 90.4 cm³/mol. The Bertz CT molecular complexity index is 371. The second kappa shape index (κ2) is 9.41. The minimum atomic E-state index is 0.670. The summed E-state index contributed by atoms with van der Waals surface area (Å²) in [5, 5.41) is 4.54. The van der Waals surface area contributed by atoms with Gasteiger partial charge in [-0.3, -0.25) is 0 Å². The van der Waals surface area contributed by atoms with Crippen LogP contribution in [0.4, 0.5) is 0 Å². The first-order valence-electron chi connectivity index (χ1n) is 8.02. The first kappa shape index (κ1) is 17.5. The third-order valence-electron chi connectivity index (χ3n) is 4.11. The van der Waals surface area contributed by atoms with Gasteiger partial charge in [-0.05, 0) is 48.9 Å². The lowest BCUT2D eigenvalue weighted by Gasteiger charge is -2.26. The van der Waals surface area contributed by atoms with Crippen molar-refractivity contribution in [3.8, 4) is 0 Å². The number of rotatable bonds is 9. The van der Waals surface area contributed by atoms with Crippen molar-refractivity contribution in [2.24, 2.45) is 17.8 Å². The number of nitrogens with one attached hydrogen (secondary N) is 1. The molecule has 0 aliphatic carbocycles. The molecule has 0 spiro atoms. The molecule has 0 amide bonds. The second-order valence-corrected chi connectivity index (χ2v) is 6.59. The Kier molecular flexibility index (Phi) is 8.25. The molecule has 0 aliphatic heterocycles. The second-order valence-electron chi connectivity index (χ2n) is 6.18. The van der Waals surface area contributed by atoms with Gasteiger partial charge in [-0.15, -0.1) is 0 Å². The van der Waals surface area contributed by atoms with Gasteiger partial charge in [0.25, 0.3) is 0 Å². The molecule has 2 heteroatoms. The smallest absolute Gasteiger partial charge is 0.0438 e. The fourth-order valence-electron chi connectivity index (χ4n) is 2.86. The van der Waals surface area contributed by atoms with Crippen LogP contribution in [-0.2, 0) is 6.42 Å². The van der Waals surface area contributed by atoms with Crippen molar-refractivity contribution in [1.82, 2.24) is 5.32 Å². The van der Waals surface area contributed by atoms with Gasteiger partial charge in [-0.1, -0.05) is 70.3 Å². The first-order valence-corrected chi connectivity index (χ1v) is 8.40. The maximum absolute atomic E-state index is 6.32. The molecule has 1 rings (SSSR count).